The van der Waals surface area contributed by atoms with Crippen LogP contribution in [0, 0.1) is 0 Å². The number of hydrogen-bond acceptors (Lipinski definition) is 5. The summed E-state index contributed by atoms with van der Waals surface area (Å²) in [7, 11) is 0. The molecule has 3 rings (SSSR count). The fourth-order valence-electron chi connectivity index (χ4n) is 3.31. The summed E-state index contributed by atoms with van der Waals surface area (Å²) in [5.74, 6) is -1.03. The Labute approximate surface area is 179 Å². The van der Waals surface area contributed by atoms with Crippen molar-refractivity contribution in [3.8, 4) is 0 Å². The molecule has 1 amide bonds. The number of benzene rings is 1. The molecule has 0 saturated heterocycles. The van der Waals surface area contributed by atoms with Crippen LogP contribution in [0.3, 0.4) is 0 Å². The SMILES string of the molecule is CCCCCCCC(=O)Nc1nc2[nH]cc(CNc3ccc(C(=O)O)cc3)c2c(=O)[nH]1. The van der Waals surface area contributed by atoms with Gasteiger partial charge in [-0.25, -0.2) is 4.79 Å². The van der Waals surface area contributed by atoms with E-state index in [0.717, 1.165) is 31.4 Å². The highest BCUT2D eigenvalue weighted by Crippen LogP contribution is 2.17. The molecule has 0 atom stereocenters. The molecule has 0 aliphatic rings. The van der Waals surface area contributed by atoms with Gasteiger partial charge in [-0.1, -0.05) is 32.6 Å². The maximum absolute atomic E-state index is 12.6. The number of carboxylic acids is 1. The van der Waals surface area contributed by atoms with Crippen molar-refractivity contribution in [3.05, 3.63) is 51.9 Å². The first kappa shape index (κ1) is 22.1. The highest BCUT2D eigenvalue weighted by Gasteiger charge is 2.12. The van der Waals surface area contributed by atoms with Gasteiger partial charge < -0.3 is 15.4 Å². The van der Waals surface area contributed by atoms with Crippen LogP contribution in [0.2, 0.25) is 0 Å². The first-order chi connectivity index (χ1) is 15.0. The van der Waals surface area contributed by atoms with Gasteiger partial charge in [0.05, 0.1) is 10.9 Å². The van der Waals surface area contributed by atoms with Crippen LogP contribution < -0.4 is 16.2 Å². The monoisotopic (exact) mass is 425 g/mol. The molecule has 9 nitrogen and oxygen atoms in total. The summed E-state index contributed by atoms with van der Waals surface area (Å²) in [6.45, 7) is 2.49. The van der Waals surface area contributed by atoms with E-state index in [1.807, 2.05) is 0 Å². The summed E-state index contributed by atoms with van der Waals surface area (Å²) < 4.78 is 0. The van der Waals surface area contributed by atoms with Gasteiger partial charge >= 0.3 is 5.97 Å². The number of nitrogens with zero attached hydrogens (tertiary/aromatic N) is 1. The van der Waals surface area contributed by atoms with Gasteiger partial charge in [0.2, 0.25) is 11.9 Å². The van der Waals surface area contributed by atoms with E-state index in [9.17, 15) is 14.4 Å². The van der Waals surface area contributed by atoms with Gasteiger partial charge in [0.15, 0.2) is 0 Å². The molecule has 0 spiro atoms. The molecule has 3 aromatic rings. The topological polar surface area (TPSA) is 140 Å². The molecule has 0 radical (unpaired) electrons. The summed E-state index contributed by atoms with van der Waals surface area (Å²) in [6, 6.07) is 6.34. The number of aromatic nitrogens is 3. The second-order valence-electron chi connectivity index (χ2n) is 7.40. The number of unbranched alkanes of at least 4 members (excludes halogenated alkanes) is 4. The van der Waals surface area contributed by atoms with E-state index in [0.29, 0.717) is 29.6 Å². The Morgan fingerprint density at radius 2 is 1.84 bits per heavy atom. The number of carboxylic acid groups (broad SMARTS) is 1. The Balaban J connectivity index is 1.62. The minimum absolute atomic E-state index is 0.127. The summed E-state index contributed by atoms with van der Waals surface area (Å²) in [6.07, 6.45) is 7.35. The number of fused-ring (bicyclic) bond motifs is 1. The Hall–Kier alpha value is -3.62. The standard InChI is InChI=1S/C22H27N5O4/c1-2-3-4-5-6-7-17(28)25-22-26-19-18(20(29)27-22)15(13-24-19)12-23-16-10-8-14(9-11-16)21(30)31/h8-11,13,23H,2-7,12H2,1H3,(H,30,31)(H3,24,25,26,27,28,29). The molecule has 5 N–H and O–H groups in total. The average molecular weight is 425 g/mol. The molecule has 0 aliphatic heterocycles. The third-order valence-electron chi connectivity index (χ3n) is 5.00. The molecule has 0 bridgehead atoms. The number of carbonyl (C=O) groups is 2. The fraction of sp³-hybridized carbons (Fsp3) is 0.364. The van der Waals surface area contributed by atoms with Gasteiger partial charge in [0.25, 0.3) is 5.56 Å². The highest BCUT2D eigenvalue weighted by atomic mass is 16.4. The molecule has 2 aromatic heterocycles. The predicted octanol–water partition coefficient (Wildman–Crippen LogP) is 3.86. The zero-order valence-corrected chi connectivity index (χ0v) is 17.5. The molecule has 0 saturated carbocycles. The minimum atomic E-state index is -0.986. The van der Waals surface area contributed by atoms with E-state index >= 15 is 0 Å². The number of aromatic carboxylic acids is 1. The number of amides is 1. The van der Waals surface area contributed by atoms with Crippen molar-refractivity contribution in [2.45, 2.75) is 52.0 Å². The lowest BCUT2D eigenvalue weighted by Gasteiger charge is -2.06. The highest BCUT2D eigenvalue weighted by molar-refractivity contribution is 5.90. The smallest absolute Gasteiger partial charge is 0.335 e. The molecular formula is C22H27N5O4. The average Bonchev–Trinajstić information content (AvgIpc) is 3.16. The van der Waals surface area contributed by atoms with Crippen LogP contribution >= 0.6 is 0 Å². The number of carbonyl (C=O) groups excluding carboxylic acids is 1. The van der Waals surface area contributed by atoms with Crippen molar-refractivity contribution in [1.29, 1.82) is 0 Å². The normalized spacial score (nSPS) is 10.9. The van der Waals surface area contributed by atoms with Gasteiger partial charge in [-0.05, 0) is 30.7 Å². The summed E-state index contributed by atoms with van der Waals surface area (Å²) in [4.78, 5) is 45.5. The van der Waals surface area contributed by atoms with Crippen molar-refractivity contribution in [1.82, 2.24) is 15.0 Å². The van der Waals surface area contributed by atoms with Crippen LogP contribution in [0.1, 0.15) is 61.4 Å². The van der Waals surface area contributed by atoms with Crippen molar-refractivity contribution < 1.29 is 14.7 Å². The number of hydrogen-bond donors (Lipinski definition) is 5. The minimum Gasteiger partial charge on any atom is -0.478 e. The van der Waals surface area contributed by atoms with Crippen LogP contribution in [-0.4, -0.2) is 31.9 Å². The first-order valence-electron chi connectivity index (χ1n) is 10.4. The van der Waals surface area contributed by atoms with Crippen LogP contribution in [0.15, 0.2) is 35.3 Å². The Kier molecular flexibility index (Phi) is 7.42. The number of nitrogens with one attached hydrogen (secondary N) is 4. The zero-order valence-electron chi connectivity index (χ0n) is 17.5. The first-order valence-corrected chi connectivity index (χ1v) is 10.4. The van der Waals surface area contributed by atoms with Crippen molar-refractivity contribution in [3.63, 3.8) is 0 Å². The lowest BCUT2D eigenvalue weighted by Crippen LogP contribution is -2.18. The van der Waals surface area contributed by atoms with Gasteiger partial charge in [0.1, 0.15) is 5.65 Å². The molecule has 0 unspecified atom stereocenters. The van der Waals surface area contributed by atoms with Crippen molar-refractivity contribution >= 4 is 34.5 Å². The molecule has 0 fully saturated rings. The lowest BCUT2D eigenvalue weighted by molar-refractivity contribution is -0.116. The Morgan fingerprint density at radius 3 is 2.55 bits per heavy atom. The van der Waals surface area contributed by atoms with Gasteiger partial charge in [-0.3, -0.25) is 19.9 Å². The van der Waals surface area contributed by atoms with Crippen LogP contribution in [-0.2, 0) is 11.3 Å². The van der Waals surface area contributed by atoms with Gasteiger partial charge in [-0.15, -0.1) is 0 Å². The molecule has 2 heterocycles. The van der Waals surface area contributed by atoms with Crippen molar-refractivity contribution in [2.75, 3.05) is 10.6 Å². The van der Waals surface area contributed by atoms with Crippen LogP contribution in [0.4, 0.5) is 11.6 Å². The van der Waals surface area contributed by atoms with Crippen molar-refractivity contribution in [2.24, 2.45) is 0 Å². The third kappa shape index (κ3) is 5.94. The Bertz CT molecular complexity index is 1100. The number of anilines is 2. The molecule has 164 valence electrons. The van der Waals surface area contributed by atoms with Gasteiger partial charge in [0, 0.05) is 30.4 Å². The fourth-order valence-corrected chi connectivity index (χ4v) is 3.31. The number of H-pyrrole nitrogens is 2. The second-order valence-corrected chi connectivity index (χ2v) is 7.40. The largest absolute Gasteiger partial charge is 0.478 e. The molecule has 31 heavy (non-hydrogen) atoms. The maximum atomic E-state index is 12.6. The summed E-state index contributed by atoms with van der Waals surface area (Å²) >= 11 is 0. The molecule has 0 aliphatic carbocycles. The molecule has 1 aromatic carbocycles. The maximum Gasteiger partial charge on any atom is 0.335 e. The van der Waals surface area contributed by atoms with E-state index in [1.165, 1.54) is 18.6 Å². The third-order valence-corrected chi connectivity index (χ3v) is 5.00. The van der Waals surface area contributed by atoms with E-state index in [1.54, 1.807) is 18.3 Å². The van der Waals surface area contributed by atoms with Crippen LogP contribution in [0.5, 0.6) is 0 Å². The predicted molar refractivity (Wildman–Crippen MR) is 119 cm³/mol. The lowest BCUT2D eigenvalue weighted by atomic mass is 10.1. The van der Waals surface area contributed by atoms with E-state index in [4.69, 9.17) is 5.11 Å². The number of rotatable bonds is 11. The number of aromatic amines is 2. The Morgan fingerprint density at radius 1 is 1.10 bits per heavy atom. The molecule has 9 heteroatoms. The van der Waals surface area contributed by atoms with E-state index in [-0.39, 0.29) is 23.0 Å². The quantitative estimate of drug-likeness (QED) is 0.296. The van der Waals surface area contributed by atoms with E-state index < -0.39 is 5.97 Å². The second kappa shape index (κ2) is 10.4. The zero-order chi connectivity index (χ0) is 22.2. The van der Waals surface area contributed by atoms with Crippen LogP contribution in [0.25, 0.3) is 11.0 Å². The summed E-state index contributed by atoms with van der Waals surface area (Å²) in [5, 5.41) is 15.2. The summed E-state index contributed by atoms with van der Waals surface area (Å²) in [5.41, 5.74) is 1.68. The van der Waals surface area contributed by atoms with Gasteiger partial charge in [-0.2, -0.15) is 4.98 Å². The molecular weight excluding hydrogens is 398 g/mol. The van der Waals surface area contributed by atoms with E-state index in [2.05, 4.69) is 32.5 Å².